The second-order valence-corrected chi connectivity index (χ2v) is 11.3. The zero-order valence-corrected chi connectivity index (χ0v) is 24.1. The lowest BCUT2D eigenvalue weighted by Gasteiger charge is -2.23. The number of anilines is 1. The van der Waals surface area contributed by atoms with Crippen molar-refractivity contribution in [1.29, 1.82) is 0 Å². The number of nitrogens with two attached hydrogens (primary N) is 3. The van der Waals surface area contributed by atoms with E-state index in [1.54, 1.807) is 13.8 Å². The van der Waals surface area contributed by atoms with Gasteiger partial charge in [0, 0.05) is 39.0 Å². The maximum absolute atomic E-state index is 13.3. The summed E-state index contributed by atoms with van der Waals surface area (Å²) in [6.45, 7) is 4.49. The molecule has 3 amide bonds. The molecule has 1 aromatic heterocycles. The number of nitrogens with one attached hydrogen (secondary N) is 2. The normalized spacial score (nSPS) is 15.6. The van der Waals surface area contributed by atoms with Crippen molar-refractivity contribution in [2.45, 2.75) is 57.0 Å². The van der Waals surface area contributed by atoms with Crippen LogP contribution in [0, 0.1) is 0 Å². The van der Waals surface area contributed by atoms with E-state index in [-0.39, 0.29) is 43.4 Å². The van der Waals surface area contributed by atoms with Crippen LogP contribution in [0.4, 0.5) is 18.3 Å². The van der Waals surface area contributed by atoms with Crippen LogP contribution in [-0.4, -0.2) is 78.0 Å². The van der Waals surface area contributed by atoms with Gasteiger partial charge in [0.15, 0.2) is 5.13 Å². The average molecular weight is 613 g/mol. The number of thiazole rings is 1. The Bertz CT molecular complexity index is 1260. The first-order chi connectivity index (χ1) is 19.7. The number of carbonyl (C=O) groups excluding carboxylic acids is 3. The summed E-state index contributed by atoms with van der Waals surface area (Å²) in [5.41, 5.74) is 16.1. The van der Waals surface area contributed by atoms with Gasteiger partial charge in [0.05, 0.1) is 27.7 Å². The summed E-state index contributed by atoms with van der Waals surface area (Å²) in [6.07, 6.45) is -4.79. The number of halogens is 3. The van der Waals surface area contributed by atoms with Crippen LogP contribution in [-0.2, 0) is 37.2 Å². The number of carbonyl (C=O) groups is 3. The first-order valence-electron chi connectivity index (χ1n) is 13.2. The van der Waals surface area contributed by atoms with Crippen molar-refractivity contribution < 1.29 is 37.2 Å². The standard InChI is InChI=1S/C25H35BF3N7O5S/c1-24(2)19-20(26(40)41-24)42-23(34-19)35-22(39)17(13-14-3-5-15(6-4-14)25(27,28)29)33-21(38)16(32)7-8-18(37)36(11-9-30)12-10-31/h3-6,16-17,40H,7-13,30-32H2,1-2H3,(H,33,38)(H,34,35,39)/t16-,17+/m0/s1. The number of hydrogen-bond donors (Lipinski definition) is 6. The Morgan fingerprint density at radius 1 is 1.14 bits per heavy atom. The second kappa shape index (κ2) is 13.9. The number of fused-ring (bicyclic) bond motifs is 1. The van der Waals surface area contributed by atoms with Gasteiger partial charge < -0.3 is 42.4 Å². The fourth-order valence-corrected chi connectivity index (χ4v) is 5.39. The molecule has 0 saturated heterocycles. The third-order valence-electron chi connectivity index (χ3n) is 6.60. The van der Waals surface area contributed by atoms with Crippen molar-refractivity contribution in [2.24, 2.45) is 17.2 Å². The molecule has 0 aliphatic carbocycles. The quantitative estimate of drug-likeness (QED) is 0.163. The molecule has 0 radical (unpaired) electrons. The fourth-order valence-electron chi connectivity index (χ4n) is 4.36. The zero-order chi connectivity index (χ0) is 31.2. The van der Waals surface area contributed by atoms with E-state index in [4.69, 9.17) is 21.9 Å². The Balaban J connectivity index is 1.74. The minimum atomic E-state index is -4.54. The molecule has 230 valence electrons. The molecule has 9 N–H and O–H groups in total. The Morgan fingerprint density at radius 2 is 1.76 bits per heavy atom. The van der Waals surface area contributed by atoms with Crippen LogP contribution in [0.5, 0.6) is 0 Å². The van der Waals surface area contributed by atoms with Gasteiger partial charge >= 0.3 is 13.3 Å². The Kier molecular flexibility index (Phi) is 11.1. The number of aromatic nitrogens is 1. The van der Waals surface area contributed by atoms with Gasteiger partial charge in [-0.05, 0) is 38.0 Å². The molecule has 17 heteroatoms. The molecule has 2 heterocycles. The largest absolute Gasteiger partial charge is 0.504 e. The predicted molar refractivity (Wildman–Crippen MR) is 151 cm³/mol. The molecule has 2 aromatic rings. The average Bonchev–Trinajstić information content (AvgIpc) is 3.43. The first kappa shape index (κ1) is 33.4. The maximum atomic E-state index is 13.3. The Morgan fingerprint density at radius 3 is 2.31 bits per heavy atom. The highest BCUT2D eigenvalue weighted by molar-refractivity contribution is 7.25. The molecule has 1 aliphatic rings. The molecular formula is C25H35BF3N7O5S. The minimum Gasteiger partial charge on any atom is -0.422 e. The van der Waals surface area contributed by atoms with Crippen LogP contribution in [0.2, 0.25) is 0 Å². The van der Waals surface area contributed by atoms with Crippen molar-refractivity contribution in [3.63, 3.8) is 0 Å². The van der Waals surface area contributed by atoms with Gasteiger partial charge in [-0.2, -0.15) is 13.2 Å². The molecule has 2 atom stereocenters. The van der Waals surface area contributed by atoms with Crippen molar-refractivity contribution in [3.8, 4) is 0 Å². The molecule has 0 bridgehead atoms. The molecule has 12 nitrogen and oxygen atoms in total. The monoisotopic (exact) mass is 613 g/mol. The molecular weight excluding hydrogens is 578 g/mol. The third kappa shape index (κ3) is 8.48. The highest BCUT2D eigenvalue weighted by Crippen LogP contribution is 2.33. The molecule has 0 fully saturated rings. The summed E-state index contributed by atoms with van der Waals surface area (Å²) in [7, 11) is -1.22. The van der Waals surface area contributed by atoms with E-state index in [9.17, 15) is 32.6 Å². The number of hydrogen-bond acceptors (Lipinski definition) is 10. The number of alkyl halides is 3. The first-order valence-corrected chi connectivity index (χ1v) is 14.1. The molecule has 0 saturated carbocycles. The van der Waals surface area contributed by atoms with Crippen LogP contribution in [0.15, 0.2) is 24.3 Å². The predicted octanol–water partition coefficient (Wildman–Crippen LogP) is -0.366. The van der Waals surface area contributed by atoms with Crippen LogP contribution in [0.3, 0.4) is 0 Å². The van der Waals surface area contributed by atoms with Crippen LogP contribution >= 0.6 is 11.3 Å². The molecule has 1 aromatic carbocycles. The second-order valence-electron chi connectivity index (χ2n) is 10.3. The highest BCUT2D eigenvalue weighted by atomic mass is 32.1. The van der Waals surface area contributed by atoms with Crippen molar-refractivity contribution >= 4 is 46.1 Å². The summed E-state index contributed by atoms with van der Waals surface area (Å²) in [5, 5.41) is 15.4. The van der Waals surface area contributed by atoms with Crippen molar-refractivity contribution in [3.05, 3.63) is 41.1 Å². The zero-order valence-electron chi connectivity index (χ0n) is 23.2. The topological polar surface area (TPSA) is 199 Å². The number of rotatable bonds is 13. The lowest BCUT2D eigenvalue weighted by atomic mass is 9.90. The SMILES string of the molecule is CC1(C)OB(O)c2sc(NC(=O)[C@@H](Cc3ccc(C(F)(F)F)cc3)NC(=O)[C@@H](N)CCC(=O)N(CCN)CCN)nc21. The van der Waals surface area contributed by atoms with Crippen molar-refractivity contribution in [2.75, 3.05) is 31.5 Å². The number of nitrogens with zero attached hydrogens (tertiary/aromatic N) is 2. The van der Waals surface area contributed by atoms with E-state index in [2.05, 4.69) is 15.6 Å². The van der Waals surface area contributed by atoms with E-state index >= 15 is 0 Å². The highest BCUT2D eigenvalue weighted by Gasteiger charge is 2.44. The molecule has 3 rings (SSSR count). The van der Waals surface area contributed by atoms with Crippen LogP contribution in [0.25, 0.3) is 0 Å². The lowest BCUT2D eigenvalue weighted by molar-refractivity contribution is -0.137. The fraction of sp³-hybridized carbons (Fsp3) is 0.520. The van der Waals surface area contributed by atoms with E-state index in [1.807, 2.05) is 0 Å². The van der Waals surface area contributed by atoms with Crippen molar-refractivity contribution in [1.82, 2.24) is 15.2 Å². The van der Waals surface area contributed by atoms with E-state index < -0.39 is 48.4 Å². The summed E-state index contributed by atoms with van der Waals surface area (Å²) in [6, 6.07) is 1.78. The third-order valence-corrected chi connectivity index (χ3v) is 7.60. The van der Waals surface area contributed by atoms with E-state index in [1.165, 1.54) is 17.0 Å². The summed E-state index contributed by atoms with van der Waals surface area (Å²) >= 11 is 0.996. The van der Waals surface area contributed by atoms with Gasteiger partial charge in [-0.15, -0.1) is 11.3 Å². The van der Waals surface area contributed by atoms with Gasteiger partial charge in [0.25, 0.3) is 0 Å². The molecule has 0 spiro atoms. The molecule has 1 aliphatic heterocycles. The smallest absolute Gasteiger partial charge is 0.422 e. The van der Waals surface area contributed by atoms with Gasteiger partial charge in [-0.25, -0.2) is 4.98 Å². The molecule has 42 heavy (non-hydrogen) atoms. The maximum Gasteiger partial charge on any atom is 0.504 e. The minimum absolute atomic E-state index is 0.0307. The summed E-state index contributed by atoms with van der Waals surface area (Å²) < 4.78 is 44.9. The summed E-state index contributed by atoms with van der Waals surface area (Å²) in [4.78, 5) is 44.6. The van der Waals surface area contributed by atoms with E-state index in [0.717, 1.165) is 23.5 Å². The van der Waals surface area contributed by atoms with E-state index in [0.29, 0.717) is 29.1 Å². The van der Waals surface area contributed by atoms with Crippen LogP contribution in [0.1, 0.15) is 43.5 Å². The Labute approximate surface area is 245 Å². The molecule has 0 unspecified atom stereocenters. The van der Waals surface area contributed by atoms with Gasteiger partial charge in [-0.1, -0.05) is 12.1 Å². The van der Waals surface area contributed by atoms with Gasteiger partial charge in [0.2, 0.25) is 17.7 Å². The van der Waals surface area contributed by atoms with Crippen LogP contribution < -0.4 is 32.6 Å². The Hall–Kier alpha value is -3.09. The number of amides is 3. The number of benzene rings is 1. The van der Waals surface area contributed by atoms with Gasteiger partial charge in [0.1, 0.15) is 6.04 Å². The lowest BCUT2D eigenvalue weighted by Crippen LogP contribution is -2.51. The van der Waals surface area contributed by atoms with Gasteiger partial charge in [-0.3, -0.25) is 14.4 Å². The summed E-state index contributed by atoms with van der Waals surface area (Å²) in [5.74, 6) is -1.71.